The maximum Gasteiger partial charge on any atom is 0.261 e. The summed E-state index contributed by atoms with van der Waals surface area (Å²) in [7, 11) is -3.71. The Morgan fingerprint density at radius 2 is 1.57 bits per heavy atom. The molecule has 28 heavy (non-hydrogen) atoms. The molecule has 1 heterocycles. The summed E-state index contributed by atoms with van der Waals surface area (Å²) in [5, 5.41) is 0. The normalized spacial score (nSPS) is 15.9. The molecule has 5 nitrogen and oxygen atoms in total. The van der Waals surface area contributed by atoms with Crippen LogP contribution in [-0.2, 0) is 16.4 Å². The third-order valence-electron chi connectivity index (χ3n) is 4.86. The van der Waals surface area contributed by atoms with Gasteiger partial charge in [-0.15, -0.1) is 0 Å². The van der Waals surface area contributed by atoms with Crippen molar-refractivity contribution in [3.05, 3.63) is 90.0 Å². The van der Waals surface area contributed by atoms with Gasteiger partial charge in [0.2, 0.25) is 0 Å². The molecule has 0 spiro atoms. The van der Waals surface area contributed by atoms with Crippen molar-refractivity contribution in [2.45, 2.75) is 24.3 Å². The number of fused-ring (bicyclic) bond motifs is 1. The summed E-state index contributed by atoms with van der Waals surface area (Å²) in [4.78, 5) is 14.9. The molecule has 0 unspecified atom stereocenters. The maximum absolute atomic E-state index is 13.0. The Bertz CT molecular complexity index is 1110. The average molecular weight is 392 g/mol. The lowest BCUT2D eigenvalue weighted by Gasteiger charge is -2.23. The topological polar surface area (TPSA) is 66.5 Å². The first-order chi connectivity index (χ1) is 13.5. The standard InChI is InChI=1S/C22H20N2O3S/c1-16-15-18-7-5-6-10-21(18)24(16)22(25)17-11-13-20(14-12-17)28(26,27)23-19-8-3-2-4-9-19/h2-14,16,23H,15H2,1H3/t16-/m0/s1. The van der Waals surface area contributed by atoms with Gasteiger partial charge < -0.3 is 4.90 Å². The van der Waals surface area contributed by atoms with Gasteiger partial charge in [-0.3, -0.25) is 9.52 Å². The fourth-order valence-electron chi connectivity index (χ4n) is 3.51. The maximum atomic E-state index is 13.0. The minimum atomic E-state index is -3.71. The van der Waals surface area contributed by atoms with Crippen LogP contribution in [0.3, 0.4) is 0 Å². The lowest BCUT2D eigenvalue weighted by molar-refractivity contribution is 0.0981. The Kier molecular flexibility index (Phi) is 4.65. The fraction of sp³-hybridized carbons (Fsp3) is 0.136. The Morgan fingerprint density at radius 3 is 2.29 bits per heavy atom. The largest absolute Gasteiger partial charge is 0.305 e. The van der Waals surface area contributed by atoms with Gasteiger partial charge in [0, 0.05) is 23.0 Å². The van der Waals surface area contributed by atoms with Crippen LogP contribution >= 0.6 is 0 Å². The van der Waals surface area contributed by atoms with Crippen molar-refractivity contribution < 1.29 is 13.2 Å². The summed E-state index contributed by atoms with van der Waals surface area (Å²) in [6.07, 6.45) is 0.815. The third-order valence-corrected chi connectivity index (χ3v) is 6.26. The number of benzene rings is 3. The van der Waals surface area contributed by atoms with Crippen molar-refractivity contribution in [2.24, 2.45) is 0 Å². The predicted octanol–water partition coefficient (Wildman–Crippen LogP) is 4.08. The molecule has 3 aromatic rings. The molecule has 1 amide bonds. The zero-order chi connectivity index (χ0) is 19.7. The number of sulfonamides is 1. The van der Waals surface area contributed by atoms with Gasteiger partial charge in [0.1, 0.15) is 0 Å². The molecular formula is C22H20N2O3S. The number of carbonyl (C=O) groups is 1. The van der Waals surface area contributed by atoms with E-state index in [4.69, 9.17) is 0 Å². The molecule has 0 saturated carbocycles. The van der Waals surface area contributed by atoms with Gasteiger partial charge in [0.25, 0.3) is 15.9 Å². The monoisotopic (exact) mass is 392 g/mol. The second kappa shape index (κ2) is 7.13. The minimum Gasteiger partial charge on any atom is -0.305 e. The van der Waals surface area contributed by atoms with Crippen molar-refractivity contribution in [1.29, 1.82) is 0 Å². The van der Waals surface area contributed by atoms with Crippen LogP contribution in [0.2, 0.25) is 0 Å². The number of nitrogens with zero attached hydrogens (tertiary/aromatic N) is 1. The molecule has 0 radical (unpaired) electrons. The summed E-state index contributed by atoms with van der Waals surface area (Å²) in [5.74, 6) is -0.127. The van der Waals surface area contributed by atoms with E-state index in [2.05, 4.69) is 4.72 Å². The lowest BCUT2D eigenvalue weighted by Crippen LogP contribution is -2.35. The minimum absolute atomic E-state index is 0.0630. The van der Waals surface area contributed by atoms with Crippen LogP contribution in [0.25, 0.3) is 0 Å². The van der Waals surface area contributed by atoms with Crippen LogP contribution in [-0.4, -0.2) is 20.4 Å². The molecule has 1 atom stereocenters. The molecule has 4 rings (SSSR count). The molecule has 1 aliphatic rings. The Labute approximate surface area is 164 Å². The summed E-state index contributed by atoms with van der Waals surface area (Å²) < 4.78 is 27.6. The zero-order valence-corrected chi connectivity index (χ0v) is 16.2. The van der Waals surface area contributed by atoms with Crippen LogP contribution in [0.4, 0.5) is 11.4 Å². The highest BCUT2D eigenvalue weighted by Crippen LogP contribution is 2.33. The number of hydrogen-bond acceptors (Lipinski definition) is 3. The van der Waals surface area contributed by atoms with Gasteiger partial charge >= 0.3 is 0 Å². The van der Waals surface area contributed by atoms with Gasteiger partial charge in [-0.2, -0.15) is 0 Å². The Morgan fingerprint density at radius 1 is 0.929 bits per heavy atom. The summed E-state index contributed by atoms with van der Waals surface area (Å²) in [6, 6.07) is 22.7. The van der Waals surface area contributed by atoms with E-state index >= 15 is 0 Å². The number of hydrogen-bond donors (Lipinski definition) is 1. The van der Waals surface area contributed by atoms with Gasteiger partial charge in [-0.05, 0) is 61.4 Å². The zero-order valence-electron chi connectivity index (χ0n) is 15.4. The van der Waals surface area contributed by atoms with Crippen LogP contribution < -0.4 is 9.62 Å². The molecule has 142 valence electrons. The van der Waals surface area contributed by atoms with Crippen molar-refractivity contribution in [3.63, 3.8) is 0 Å². The smallest absolute Gasteiger partial charge is 0.261 e. The highest BCUT2D eigenvalue weighted by molar-refractivity contribution is 7.92. The predicted molar refractivity (Wildman–Crippen MR) is 110 cm³/mol. The van der Waals surface area contributed by atoms with Crippen molar-refractivity contribution in [3.8, 4) is 0 Å². The third kappa shape index (κ3) is 3.39. The number of anilines is 2. The SMILES string of the molecule is C[C@H]1Cc2ccccc2N1C(=O)c1ccc(S(=O)(=O)Nc2ccccc2)cc1. The summed E-state index contributed by atoms with van der Waals surface area (Å²) in [5.41, 5.74) is 3.02. The molecule has 0 fully saturated rings. The van der Waals surface area contributed by atoms with E-state index in [0.717, 1.165) is 17.7 Å². The van der Waals surface area contributed by atoms with E-state index in [-0.39, 0.29) is 16.8 Å². The number of nitrogens with one attached hydrogen (secondary N) is 1. The summed E-state index contributed by atoms with van der Waals surface area (Å²) in [6.45, 7) is 2.01. The number of para-hydroxylation sites is 2. The lowest BCUT2D eigenvalue weighted by atomic mass is 10.1. The van der Waals surface area contributed by atoms with Gasteiger partial charge in [0.15, 0.2) is 0 Å². The molecule has 1 N–H and O–H groups in total. The van der Waals surface area contributed by atoms with Gasteiger partial charge in [-0.25, -0.2) is 8.42 Å². The molecule has 0 bridgehead atoms. The van der Waals surface area contributed by atoms with Gasteiger partial charge in [-0.1, -0.05) is 36.4 Å². The Hall–Kier alpha value is -3.12. The van der Waals surface area contributed by atoms with E-state index in [0.29, 0.717) is 11.3 Å². The Balaban J connectivity index is 1.57. The molecule has 0 aliphatic carbocycles. The quantitative estimate of drug-likeness (QED) is 0.728. The second-order valence-corrected chi connectivity index (χ2v) is 8.54. The highest BCUT2D eigenvalue weighted by Gasteiger charge is 2.31. The van der Waals surface area contributed by atoms with E-state index < -0.39 is 10.0 Å². The van der Waals surface area contributed by atoms with E-state index in [1.54, 1.807) is 41.3 Å². The fourth-order valence-corrected chi connectivity index (χ4v) is 4.57. The highest BCUT2D eigenvalue weighted by atomic mass is 32.2. The average Bonchev–Trinajstić information content (AvgIpc) is 3.03. The second-order valence-electron chi connectivity index (χ2n) is 6.85. The van der Waals surface area contributed by atoms with E-state index in [1.807, 2.05) is 37.3 Å². The molecule has 1 aliphatic heterocycles. The number of amides is 1. The van der Waals surface area contributed by atoms with Crippen molar-refractivity contribution >= 4 is 27.3 Å². The molecule has 6 heteroatoms. The first-order valence-corrected chi connectivity index (χ1v) is 10.5. The van der Waals surface area contributed by atoms with Gasteiger partial charge in [0.05, 0.1) is 4.90 Å². The van der Waals surface area contributed by atoms with Crippen molar-refractivity contribution in [2.75, 3.05) is 9.62 Å². The molecule has 3 aromatic carbocycles. The molecule has 0 saturated heterocycles. The van der Waals surface area contributed by atoms with Crippen LogP contribution in [0.15, 0.2) is 83.8 Å². The van der Waals surface area contributed by atoms with E-state index in [9.17, 15) is 13.2 Å². The number of rotatable bonds is 4. The van der Waals surface area contributed by atoms with Crippen LogP contribution in [0.5, 0.6) is 0 Å². The van der Waals surface area contributed by atoms with Crippen molar-refractivity contribution in [1.82, 2.24) is 0 Å². The first-order valence-electron chi connectivity index (χ1n) is 9.05. The first kappa shape index (κ1) is 18.3. The molecular weight excluding hydrogens is 372 g/mol. The van der Waals surface area contributed by atoms with E-state index in [1.165, 1.54) is 12.1 Å². The van der Waals surface area contributed by atoms with Crippen LogP contribution in [0, 0.1) is 0 Å². The number of carbonyl (C=O) groups excluding carboxylic acids is 1. The molecule has 0 aromatic heterocycles. The summed E-state index contributed by atoms with van der Waals surface area (Å²) >= 11 is 0. The van der Waals surface area contributed by atoms with Crippen LogP contribution in [0.1, 0.15) is 22.8 Å².